The zero-order valence-corrected chi connectivity index (χ0v) is 19.7. The Morgan fingerprint density at radius 2 is 1.76 bits per heavy atom. The van der Waals surface area contributed by atoms with E-state index < -0.39 is 15.8 Å². The van der Waals surface area contributed by atoms with Crippen LogP contribution < -0.4 is 0 Å². The first kappa shape index (κ1) is 22.4. The average molecular weight is 489 g/mol. The molecule has 7 nitrogen and oxygen atoms in total. The summed E-state index contributed by atoms with van der Waals surface area (Å²) < 4.78 is 42.1. The van der Waals surface area contributed by atoms with Crippen molar-refractivity contribution < 1.29 is 17.6 Å². The standard InChI is InChI=1S/C23H25FN4O3S2/c24-17-6-1-4-10-21(17)33(30,31)28-14-12-26(13-15-28)22(29)16-27-11-5-8-19(27)23-25-18-7-2-3-9-20(18)32-23/h1-4,6-7,9-10,19H,5,8,11-16H2/t19-/m1/s1. The van der Waals surface area contributed by atoms with Gasteiger partial charge in [-0.05, 0) is 43.7 Å². The summed E-state index contributed by atoms with van der Waals surface area (Å²) in [6.07, 6.45) is 1.99. The van der Waals surface area contributed by atoms with Crippen LogP contribution in [0.1, 0.15) is 23.9 Å². The maximum absolute atomic E-state index is 14.0. The number of halogens is 1. The van der Waals surface area contributed by atoms with Gasteiger partial charge in [-0.15, -0.1) is 11.3 Å². The number of nitrogens with zero attached hydrogens (tertiary/aromatic N) is 4. The van der Waals surface area contributed by atoms with Crippen molar-refractivity contribution in [2.45, 2.75) is 23.8 Å². The first-order valence-electron chi connectivity index (χ1n) is 11.1. The van der Waals surface area contributed by atoms with E-state index in [0.717, 1.165) is 40.7 Å². The van der Waals surface area contributed by atoms with Crippen LogP contribution in [0.15, 0.2) is 53.4 Å². The van der Waals surface area contributed by atoms with Crippen LogP contribution in [-0.2, 0) is 14.8 Å². The van der Waals surface area contributed by atoms with Gasteiger partial charge in [0.1, 0.15) is 15.7 Å². The van der Waals surface area contributed by atoms with Gasteiger partial charge in [0, 0.05) is 26.2 Å². The number of carbonyl (C=O) groups excluding carboxylic acids is 1. The lowest BCUT2D eigenvalue weighted by molar-refractivity contribution is -0.133. The summed E-state index contributed by atoms with van der Waals surface area (Å²) in [5.74, 6) is -0.767. The van der Waals surface area contributed by atoms with Gasteiger partial charge in [-0.2, -0.15) is 4.31 Å². The summed E-state index contributed by atoms with van der Waals surface area (Å²) in [7, 11) is -3.92. The molecule has 2 aliphatic rings. The molecule has 3 heterocycles. The van der Waals surface area contributed by atoms with E-state index in [1.54, 1.807) is 16.2 Å². The van der Waals surface area contributed by atoms with Crippen LogP contribution in [0.4, 0.5) is 4.39 Å². The fourth-order valence-electron chi connectivity index (χ4n) is 4.57. The Labute approximate surface area is 196 Å². The minimum Gasteiger partial charge on any atom is -0.339 e. The molecule has 174 valence electrons. The highest BCUT2D eigenvalue weighted by molar-refractivity contribution is 7.89. The second-order valence-electron chi connectivity index (χ2n) is 8.36. The third-order valence-corrected chi connectivity index (χ3v) is 9.41. The van der Waals surface area contributed by atoms with E-state index in [2.05, 4.69) is 11.0 Å². The largest absolute Gasteiger partial charge is 0.339 e. The lowest BCUT2D eigenvalue weighted by atomic mass is 10.2. The highest BCUT2D eigenvalue weighted by Crippen LogP contribution is 2.36. The number of amides is 1. The molecular weight excluding hydrogens is 463 g/mol. The van der Waals surface area contributed by atoms with Gasteiger partial charge >= 0.3 is 0 Å². The predicted octanol–water partition coefficient (Wildman–Crippen LogP) is 3.11. The summed E-state index contributed by atoms with van der Waals surface area (Å²) >= 11 is 1.68. The molecule has 1 aromatic heterocycles. The second-order valence-corrected chi connectivity index (χ2v) is 11.3. The maximum Gasteiger partial charge on any atom is 0.246 e. The number of para-hydroxylation sites is 1. The number of hydrogen-bond acceptors (Lipinski definition) is 6. The summed E-state index contributed by atoms with van der Waals surface area (Å²) in [6, 6.07) is 13.6. The molecule has 0 N–H and O–H groups in total. The van der Waals surface area contributed by atoms with Crippen molar-refractivity contribution in [1.82, 2.24) is 19.1 Å². The van der Waals surface area contributed by atoms with Crippen molar-refractivity contribution in [3.63, 3.8) is 0 Å². The van der Waals surface area contributed by atoms with E-state index in [1.807, 2.05) is 18.2 Å². The van der Waals surface area contributed by atoms with Gasteiger partial charge in [0.2, 0.25) is 15.9 Å². The minimum atomic E-state index is -3.92. The van der Waals surface area contributed by atoms with Crippen LogP contribution in [0.2, 0.25) is 0 Å². The molecule has 2 aliphatic heterocycles. The molecule has 33 heavy (non-hydrogen) atoms. The summed E-state index contributed by atoms with van der Waals surface area (Å²) in [5.41, 5.74) is 0.989. The highest BCUT2D eigenvalue weighted by atomic mass is 32.2. The van der Waals surface area contributed by atoms with Crippen LogP contribution >= 0.6 is 11.3 Å². The van der Waals surface area contributed by atoms with Crippen LogP contribution in [0.5, 0.6) is 0 Å². The first-order valence-corrected chi connectivity index (χ1v) is 13.3. The summed E-state index contributed by atoms with van der Waals surface area (Å²) in [5, 5.41) is 1.04. The Morgan fingerprint density at radius 3 is 2.52 bits per heavy atom. The van der Waals surface area contributed by atoms with Crippen LogP contribution in [0, 0.1) is 5.82 Å². The Balaban J connectivity index is 1.22. The van der Waals surface area contributed by atoms with Gasteiger partial charge in [0.15, 0.2) is 0 Å². The fraction of sp³-hybridized carbons (Fsp3) is 0.391. The van der Waals surface area contributed by atoms with Gasteiger partial charge in [-0.3, -0.25) is 9.69 Å². The molecular formula is C23H25FN4O3S2. The van der Waals surface area contributed by atoms with Crippen molar-refractivity contribution in [2.75, 3.05) is 39.3 Å². The number of thiazole rings is 1. The molecule has 5 rings (SSSR count). The summed E-state index contributed by atoms with van der Waals surface area (Å²) in [4.78, 5) is 21.4. The van der Waals surface area contributed by atoms with Crippen molar-refractivity contribution in [3.8, 4) is 0 Å². The van der Waals surface area contributed by atoms with Gasteiger partial charge < -0.3 is 4.90 Å². The molecule has 2 aromatic carbocycles. The lowest BCUT2D eigenvalue weighted by Gasteiger charge is -2.35. The van der Waals surface area contributed by atoms with E-state index in [4.69, 9.17) is 4.98 Å². The van der Waals surface area contributed by atoms with Gasteiger partial charge in [0.05, 0.1) is 22.8 Å². The second kappa shape index (κ2) is 9.09. The first-order chi connectivity index (χ1) is 15.9. The number of fused-ring (bicyclic) bond motifs is 1. The molecule has 0 bridgehead atoms. The maximum atomic E-state index is 14.0. The summed E-state index contributed by atoms with van der Waals surface area (Å²) in [6.45, 7) is 2.04. The monoisotopic (exact) mass is 488 g/mol. The molecule has 3 aromatic rings. The Hall–Kier alpha value is -2.40. The van der Waals surface area contributed by atoms with Crippen LogP contribution in [0.25, 0.3) is 10.2 Å². The molecule has 0 saturated carbocycles. The van der Waals surface area contributed by atoms with E-state index in [9.17, 15) is 17.6 Å². The predicted molar refractivity (Wildman–Crippen MR) is 125 cm³/mol. The van der Waals surface area contributed by atoms with E-state index in [-0.39, 0.29) is 29.9 Å². The highest BCUT2D eigenvalue weighted by Gasteiger charge is 2.34. The molecule has 2 fully saturated rings. The van der Waals surface area contributed by atoms with E-state index in [1.165, 1.54) is 22.5 Å². The zero-order chi connectivity index (χ0) is 23.0. The molecule has 1 amide bonds. The fourth-order valence-corrected chi connectivity index (χ4v) is 7.20. The number of carbonyl (C=O) groups is 1. The number of hydrogen-bond donors (Lipinski definition) is 0. The van der Waals surface area contributed by atoms with Gasteiger partial charge in [-0.1, -0.05) is 24.3 Å². The molecule has 1 atom stereocenters. The van der Waals surface area contributed by atoms with Crippen molar-refractivity contribution in [3.05, 3.63) is 59.4 Å². The van der Waals surface area contributed by atoms with Crippen LogP contribution in [-0.4, -0.2) is 72.7 Å². The van der Waals surface area contributed by atoms with Crippen molar-refractivity contribution in [2.24, 2.45) is 0 Å². The van der Waals surface area contributed by atoms with E-state index in [0.29, 0.717) is 19.6 Å². The number of likely N-dealkylation sites (tertiary alicyclic amines) is 1. The zero-order valence-electron chi connectivity index (χ0n) is 18.1. The third-order valence-electron chi connectivity index (χ3n) is 6.34. The molecule has 0 aliphatic carbocycles. The lowest BCUT2D eigenvalue weighted by Crippen LogP contribution is -2.52. The topological polar surface area (TPSA) is 73.8 Å². The normalized spacial score (nSPS) is 20.5. The number of sulfonamides is 1. The minimum absolute atomic E-state index is 0.00838. The molecule has 0 radical (unpaired) electrons. The van der Waals surface area contributed by atoms with Crippen molar-refractivity contribution in [1.29, 1.82) is 0 Å². The van der Waals surface area contributed by atoms with Gasteiger partial charge in [0.25, 0.3) is 0 Å². The third kappa shape index (κ3) is 4.40. The Morgan fingerprint density at radius 1 is 1.03 bits per heavy atom. The molecule has 0 unspecified atom stereocenters. The van der Waals surface area contributed by atoms with E-state index >= 15 is 0 Å². The average Bonchev–Trinajstić information content (AvgIpc) is 3.45. The quantitative estimate of drug-likeness (QED) is 0.552. The number of rotatable bonds is 5. The SMILES string of the molecule is O=C(CN1CCC[C@@H]1c1nc2ccccc2s1)N1CCN(S(=O)(=O)c2ccccc2F)CC1. The Bertz CT molecular complexity index is 1240. The Kier molecular flexibility index (Phi) is 6.17. The number of aromatic nitrogens is 1. The van der Waals surface area contributed by atoms with Gasteiger partial charge in [-0.25, -0.2) is 17.8 Å². The molecule has 2 saturated heterocycles. The number of benzene rings is 2. The van der Waals surface area contributed by atoms with Crippen molar-refractivity contribution >= 4 is 37.5 Å². The smallest absolute Gasteiger partial charge is 0.246 e. The molecule has 0 spiro atoms. The van der Waals surface area contributed by atoms with Crippen LogP contribution in [0.3, 0.4) is 0 Å². The molecule has 10 heteroatoms. The number of piperazine rings is 1.